The minimum Gasteiger partial charge on any atom is -0.341 e. The highest BCUT2D eigenvalue weighted by Crippen LogP contribution is 2.11. The van der Waals surface area contributed by atoms with Crippen LogP contribution in [0.5, 0.6) is 0 Å². The van der Waals surface area contributed by atoms with Gasteiger partial charge in [0, 0.05) is 24.8 Å². The fraction of sp³-hybridized carbons (Fsp3) is 0.286. The summed E-state index contributed by atoms with van der Waals surface area (Å²) in [5, 5.41) is 3.25. The number of rotatable bonds is 6. The molecule has 0 aliphatic rings. The second-order valence-corrected chi connectivity index (χ2v) is 4.39. The van der Waals surface area contributed by atoms with Gasteiger partial charge in [-0.3, -0.25) is 4.79 Å². The molecule has 0 saturated carbocycles. The molecule has 0 heterocycles. The van der Waals surface area contributed by atoms with Crippen molar-refractivity contribution in [2.24, 2.45) is 0 Å². The molecule has 5 heteroatoms. The highest BCUT2D eigenvalue weighted by molar-refractivity contribution is 6.30. The second kappa shape index (κ2) is 8.32. The van der Waals surface area contributed by atoms with Crippen LogP contribution in [0, 0.1) is 0 Å². The number of carbonyl (C=O) groups is 2. The van der Waals surface area contributed by atoms with Gasteiger partial charge in [-0.2, -0.15) is 0 Å². The van der Waals surface area contributed by atoms with Crippen LogP contribution in [-0.2, 0) is 11.2 Å². The number of aldehydes is 1. The summed E-state index contributed by atoms with van der Waals surface area (Å²) in [5.41, 5.74) is 1.17. The Kier molecular flexibility index (Phi) is 6.68. The van der Waals surface area contributed by atoms with E-state index in [0.717, 1.165) is 12.8 Å². The maximum Gasteiger partial charge on any atom is 0.321 e. The van der Waals surface area contributed by atoms with Crippen molar-refractivity contribution in [1.29, 1.82) is 0 Å². The third-order valence-corrected chi connectivity index (χ3v) is 2.85. The molecular formula is C14H17ClN2O2. The van der Waals surface area contributed by atoms with Gasteiger partial charge in [-0.15, -0.1) is 0 Å². The number of nitrogens with zero attached hydrogens (tertiary/aromatic N) is 1. The van der Waals surface area contributed by atoms with Crippen molar-refractivity contribution in [3.05, 3.63) is 47.1 Å². The van der Waals surface area contributed by atoms with Crippen LogP contribution in [0.2, 0.25) is 5.02 Å². The number of amides is 2. The van der Waals surface area contributed by atoms with Crippen LogP contribution in [0.4, 0.5) is 4.79 Å². The Morgan fingerprint density at radius 2 is 2.05 bits per heavy atom. The zero-order chi connectivity index (χ0) is 14.1. The van der Waals surface area contributed by atoms with Crippen molar-refractivity contribution in [1.82, 2.24) is 10.2 Å². The van der Waals surface area contributed by atoms with Gasteiger partial charge in [0.1, 0.15) is 6.29 Å². The molecule has 4 nitrogen and oxygen atoms in total. The van der Waals surface area contributed by atoms with Gasteiger partial charge in [0.15, 0.2) is 0 Å². The van der Waals surface area contributed by atoms with Gasteiger partial charge >= 0.3 is 6.03 Å². The normalized spacial score (nSPS) is 10.4. The third kappa shape index (κ3) is 5.57. The summed E-state index contributed by atoms with van der Waals surface area (Å²) >= 11 is 5.81. The number of halogens is 1. The zero-order valence-electron chi connectivity index (χ0n) is 10.8. The number of nitrogens with one attached hydrogen (secondary N) is 1. The smallest absolute Gasteiger partial charge is 0.321 e. The SMILES string of the molecule is CNC(=O)N(/C=C\C=O)CCCc1ccc(Cl)cc1. The standard InChI is InChI=1S/C14H17ClN2O2/c1-16-14(19)17(10-3-11-18)9-2-4-12-5-7-13(15)8-6-12/h3,5-8,10-11H,2,4,9H2,1H3,(H,16,19)/b10-3-. The number of carbonyl (C=O) groups excluding carboxylic acids is 2. The molecule has 1 aromatic carbocycles. The minimum absolute atomic E-state index is 0.228. The minimum atomic E-state index is -0.228. The maximum atomic E-state index is 11.5. The van der Waals surface area contributed by atoms with Crippen LogP contribution < -0.4 is 5.32 Å². The fourth-order valence-electron chi connectivity index (χ4n) is 1.63. The Labute approximate surface area is 118 Å². The third-order valence-electron chi connectivity index (χ3n) is 2.60. The molecule has 2 amide bonds. The molecule has 0 bridgehead atoms. The zero-order valence-corrected chi connectivity index (χ0v) is 11.6. The van der Waals surface area contributed by atoms with Crippen LogP contribution in [0.15, 0.2) is 36.5 Å². The van der Waals surface area contributed by atoms with Crippen molar-refractivity contribution in [2.45, 2.75) is 12.8 Å². The first kappa shape index (κ1) is 15.2. The Bertz CT molecular complexity index is 443. The molecule has 0 aliphatic carbocycles. The summed E-state index contributed by atoms with van der Waals surface area (Å²) in [6, 6.07) is 7.40. The summed E-state index contributed by atoms with van der Waals surface area (Å²) in [5.74, 6) is 0. The molecule has 0 aliphatic heterocycles. The quantitative estimate of drug-likeness (QED) is 0.643. The van der Waals surface area contributed by atoms with Crippen LogP contribution in [0.1, 0.15) is 12.0 Å². The molecule has 0 aromatic heterocycles. The van der Waals surface area contributed by atoms with Gasteiger partial charge in [0.2, 0.25) is 0 Å². The van der Waals surface area contributed by atoms with Crippen molar-refractivity contribution in [2.75, 3.05) is 13.6 Å². The van der Waals surface area contributed by atoms with Gasteiger partial charge in [-0.1, -0.05) is 23.7 Å². The first-order valence-electron chi connectivity index (χ1n) is 6.02. The molecular weight excluding hydrogens is 264 g/mol. The molecule has 0 saturated heterocycles. The molecule has 19 heavy (non-hydrogen) atoms. The van der Waals surface area contributed by atoms with E-state index in [2.05, 4.69) is 5.32 Å². The number of aryl methyl sites for hydroxylation is 1. The van der Waals surface area contributed by atoms with E-state index in [0.29, 0.717) is 17.9 Å². The highest BCUT2D eigenvalue weighted by atomic mass is 35.5. The Hall–Kier alpha value is -1.81. The average Bonchev–Trinajstić information content (AvgIpc) is 2.43. The number of urea groups is 1. The molecule has 0 unspecified atom stereocenters. The van der Waals surface area contributed by atoms with E-state index in [-0.39, 0.29) is 6.03 Å². The lowest BCUT2D eigenvalue weighted by atomic mass is 10.1. The summed E-state index contributed by atoms with van der Waals surface area (Å²) in [7, 11) is 1.56. The fourth-order valence-corrected chi connectivity index (χ4v) is 1.76. The molecule has 1 rings (SSSR count). The molecule has 102 valence electrons. The monoisotopic (exact) mass is 280 g/mol. The van der Waals surface area contributed by atoms with Gasteiger partial charge in [-0.25, -0.2) is 4.79 Å². The average molecular weight is 281 g/mol. The van der Waals surface area contributed by atoms with E-state index in [9.17, 15) is 9.59 Å². The van der Waals surface area contributed by atoms with E-state index in [1.165, 1.54) is 22.7 Å². The molecule has 1 N–H and O–H groups in total. The first-order valence-corrected chi connectivity index (χ1v) is 6.40. The summed E-state index contributed by atoms with van der Waals surface area (Å²) in [6.45, 7) is 0.548. The van der Waals surface area contributed by atoms with E-state index in [4.69, 9.17) is 11.6 Å². The molecule has 1 aromatic rings. The number of hydrogen-bond donors (Lipinski definition) is 1. The molecule has 0 fully saturated rings. The Balaban J connectivity index is 2.47. The number of benzene rings is 1. The van der Waals surface area contributed by atoms with E-state index in [1.807, 2.05) is 24.3 Å². The second-order valence-electron chi connectivity index (χ2n) is 3.96. The van der Waals surface area contributed by atoms with E-state index in [1.54, 1.807) is 7.05 Å². The Morgan fingerprint density at radius 1 is 1.37 bits per heavy atom. The first-order chi connectivity index (χ1) is 9.17. The Morgan fingerprint density at radius 3 is 2.63 bits per heavy atom. The molecule has 0 atom stereocenters. The van der Waals surface area contributed by atoms with E-state index < -0.39 is 0 Å². The predicted molar refractivity (Wildman–Crippen MR) is 76.1 cm³/mol. The summed E-state index contributed by atoms with van der Waals surface area (Å²) in [6.07, 6.45) is 5.08. The predicted octanol–water partition coefficient (Wildman–Crippen LogP) is 2.63. The molecule has 0 radical (unpaired) electrons. The lowest BCUT2D eigenvalue weighted by molar-refractivity contribution is -0.104. The van der Waals surface area contributed by atoms with Crippen molar-refractivity contribution in [3.63, 3.8) is 0 Å². The summed E-state index contributed by atoms with van der Waals surface area (Å²) in [4.78, 5) is 23.3. The lowest BCUT2D eigenvalue weighted by Gasteiger charge is -2.17. The highest BCUT2D eigenvalue weighted by Gasteiger charge is 2.07. The van der Waals surface area contributed by atoms with Crippen molar-refractivity contribution >= 4 is 23.9 Å². The number of allylic oxidation sites excluding steroid dienone is 1. The van der Waals surface area contributed by atoms with Gasteiger partial charge < -0.3 is 10.2 Å². The maximum absolute atomic E-state index is 11.5. The van der Waals surface area contributed by atoms with Gasteiger partial charge in [0.25, 0.3) is 0 Å². The largest absolute Gasteiger partial charge is 0.341 e. The van der Waals surface area contributed by atoms with Crippen LogP contribution in [0.25, 0.3) is 0 Å². The van der Waals surface area contributed by atoms with Crippen LogP contribution in [-0.4, -0.2) is 30.8 Å². The summed E-state index contributed by atoms with van der Waals surface area (Å²) < 4.78 is 0. The van der Waals surface area contributed by atoms with Crippen molar-refractivity contribution < 1.29 is 9.59 Å². The van der Waals surface area contributed by atoms with Gasteiger partial charge in [-0.05, 0) is 36.6 Å². The topological polar surface area (TPSA) is 49.4 Å². The van der Waals surface area contributed by atoms with Crippen LogP contribution in [0.3, 0.4) is 0 Å². The van der Waals surface area contributed by atoms with Gasteiger partial charge in [0.05, 0.1) is 0 Å². The van der Waals surface area contributed by atoms with Crippen LogP contribution >= 0.6 is 11.6 Å². The van der Waals surface area contributed by atoms with E-state index >= 15 is 0 Å². The number of hydrogen-bond acceptors (Lipinski definition) is 2. The van der Waals surface area contributed by atoms with Crippen molar-refractivity contribution in [3.8, 4) is 0 Å². The lowest BCUT2D eigenvalue weighted by Crippen LogP contribution is -2.34. The molecule has 0 spiro atoms.